The van der Waals surface area contributed by atoms with Crippen molar-refractivity contribution in [3.05, 3.63) is 30.3 Å². The van der Waals surface area contributed by atoms with Gasteiger partial charge in [-0.1, -0.05) is 18.2 Å². The third-order valence-electron chi connectivity index (χ3n) is 0.900. The first-order valence-electron chi connectivity index (χ1n) is 2.44. The Balaban J connectivity index is 0. The van der Waals surface area contributed by atoms with Crippen LogP contribution in [0.2, 0.25) is 0 Å². The molecule has 1 aromatic carbocycles. The first kappa shape index (κ1) is 13.5. The molecule has 0 aliphatic heterocycles. The van der Waals surface area contributed by atoms with E-state index in [0.29, 0.717) is 0 Å². The Bertz CT molecular complexity index is 155. The maximum absolute atomic E-state index is 3.08. The van der Waals surface area contributed by atoms with Gasteiger partial charge in [-0.3, -0.25) is 0 Å². The Kier molecular flexibility index (Phi) is 10.8. The van der Waals surface area contributed by atoms with Crippen LogP contribution < -0.4 is 24.0 Å². The van der Waals surface area contributed by atoms with Crippen molar-refractivity contribution >= 4 is 11.8 Å². The van der Waals surface area contributed by atoms with Crippen molar-refractivity contribution in [2.75, 3.05) is 6.26 Å². The molecule has 0 nitrogen and oxygen atoms in total. The van der Waals surface area contributed by atoms with E-state index in [2.05, 4.69) is 6.07 Å². The fourth-order valence-corrected chi connectivity index (χ4v) is 0.904. The predicted octanol–water partition coefficient (Wildman–Crippen LogP) is -0.790. The van der Waals surface area contributed by atoms with Crippen molar-refractivity contribution in [2.24, 2.45) is 0 Å². The minimum Gasteiger partial charge on any atom is -1.00 e. The topological polar surface area (TPSA) is 0 Å². The zero-order chi connectivity index (χ0) is 5.82. The quantitative estimate of drug-likeness (QED) is 0.372. The molecule has 0 saturated heterocycles. The van der Waals surface area contributed by atoms with Crippen LogP contribution in [0.25, 0.3) is 0 Å². The Labute approximate surface area is 95.9 Å². The van der Waals surface area contributed by atoms with Gasteiger partial charge in [0.2, 0.25) is 0 Å². The van der Waals surface area contributed by atoms with E-state index in [1.165, 1.54) is 4.90 Å². The van der Waals surface area contributed by atoms with Crippen LogP contribution in [0.4, 0.5) is 0 Å². The zero-order valence-corrected chi connectivity index (χ0v) is 11.7. The third-order valence-corrected chi connectivity index (χ3v) is 1.59. The van der Waals surface area contributed by atoms with Crippen LogP contribution in [0.15, 0.2) is 29.2 Å². The van der Waals surface area contributed by atoms with Crippen molar-refractivity contribution in [3.8, 4) is 0 Å². The SMILES string of the molecule is CSc1[c]cccc1.[I-].[Zn]. The number of rotatable bonds is 1. The van der Waals surface area contributed by atoms with Gasteiger partial charge in [0.05, 0.1) is 0 Å². The van der Waals surface area contributed by atoms with Gasteiger partial charge in [-0.2, -0.15) is 0 Å². The maximum atomic E-state index is 3.08. The average Bonchev–Trinajstić information content (AvgIpc) is 1.90. The molecule has 0 saturated carbocycles. The summed E-state index contributed by atoms with van der Waals surface area (Å²) in [5, 5.41) is 0. The zero-order valence-electron chi connectivity index (χ0n) is 5.80. The normalized spacial score (nSPS) is 7.30. The number of hydrogen-bond acceptors (Lipinski definition) is 1. The monoisotopic (exact) mass is 314 g/mol. The van der Waals surface area contributed by atoms with E-state index in [0.717, 1.165) is 0 Å². The van der Waals surface area contributed by atoms with Gasteiger partial charge in [-0.15, -0.1) is 11.8 Å². The Morgan fingerprint density at radius 2 is 2.10 bits per heavy atom. The fourth-order valence-electron chi connectivity index (χ4n) is 0.504. The standard InChI is InChI=1S/C7H7S.HI.Zn/c1-8-7-5-3-2-4-6-7;;/h2-5H,1H3;1H;/p-1. The Morgan fingerprint density at radius 1 is 1.40 bits per heavy atom. The summed E-state index contributed by atoms with van der Waals surface area (Å²) < 4.78 is 0. The molecule has 1 aromatic rings. The minimum absolute atomic E-state index is 0. The van der Waals surface area contributed by atoms with Crippen LogP contribution >= 0.6 is 11.8 Å². The average molecular weight is 315 g/mol. The summed E-state index contributed by atoms with van der Waals surface area (Å²) in [5.41, 5.74) is 0. The molecule has 0 fully saturated rings. The second-order valence-corrected chi connectivity index (χ2v) is 2.28. The predicted molar refractivity (Wildman–Crippen MR) is 37.1 cm³/mol. The van der Waals surface area contributed by atoms with Crippen molar-refractivity contribution in [1.29, 1.82) is 0 Å². The van der Waals surface area contributed by atoms with Gasteiger partial charge in [0.15, 0.2) is 0 Å². The molecule has 3 heteroatoms. The Morgan fingerprint density at radius 3 is 2.40 bits per heavy atom. The molecule has 0 aliphatic rings. The summed E-state index contributed by atoms with van der Waals surface area (Å²) in [5.74, 6) is 0. The van der Waals surface area contributed by atoms with E-state index < -0.39 is 0 Å². The van der Waals surface area contributed by atoms with Crippen LogP contribution in [-0.2, 0) is 19.5 Å². The van der Waals surface area contributed by atoms with E-state index in [1.807, 2.05) is 30.5 Å². The molecule has 0 aliphatic carbocycles. The second kappa shape index (κ2) is 8.02. The summed E-state index contributed by atoms with van der Waals surface area (Å²) in [6.07, 6.45) is 2.05. The van der Waals surface area contributed by atoms with E-state index in [9.17, 15) is 0 Å². The second-order valence-electron chi connectivity index (χ2n) is 1.43. The summed E-state index contributed by atoms with van der Waals surface area (Å²) >= 11 is 1.71. The number of halogens is 1. The molecule has 0 atom stereocenters. The molecule has 1 radical (unpaired) electrons. The maximum Gasteiger partial charge on any atom is 0.0148 e. The molecule has 10 heavy (non-hydrogen) atoms. The van der Waals surface area contributed by atoms with Crippen LogP contribution in [0.3, 0.4) is 0 Å². The molecule has 0 aromatic heterocycles. The summed E-state index contributed by atoms with van der Waals surface area (Å²) in [6.45, 7) is 0. The molecule has 51 valence electrons. The van der Waals surface area contributed by atoms with E-state index >= 15 is 0 Å². The van der Waals surface area contributed by atoms with Crippen LogP contribution in [0.5, 0.6) is 0 Å². The van der Waals surface area contributed by atoms with Crippen molar-refractivity contribution in [2.45, 2.75) is 4.90 Å². The number of hydrogen-bond donors (Lipinski definition) is 0. The van der Waals surface area contributed by atoms with Crippen LogP contribution in [-0.4, -0.2) is 6.26 Å². The Hall–Kier alpha value is 0.923. The van der Waals surface area contributed by atoms with Gasteiger partial charge in [0, 0.05) is 24.4 Å². The molecule has 0 unspecified atom stereocenters. The van der Waals surface area contributed by atoms with Crippen molar-refractivity contribution < 1.29 is 43.5 Å². The third kappa shape index (κ3) is 4.70. The molecular weight excluding hydrogens is 308 g/mol. The molecule has 0 amide bonds. The van der Waals surface area contributed by atoms with Gasteiger partial charge in [0.1, 0.15) is 0 Å². The summed E-state index contributed by atoms with van der Waals surface area (Å²) in [7, 11) is 0. The largest absolute Gasteiger partial charge is 1.00 e. The van der Waals surface area contributed by atoms with Gasteiger partial charge >= 0.3 is 0 Å². The van der Waals surface area contributed by atoms with E-state index in [-0.39, 0.29) is 43.5 Å². The number of benzene rings is 1. The van der Waals surface area contributed by atoms with Crippen LogP contribution in [0.1, 0.15) is 0 Å². The first-order chi connectivity index (χ1) is 3.93. The first-order valence-corrected chi connectivity index (χ1v) is 3.66. The molecule has 0 heterocycles. The fraction of sp³-hybridized carbons (Fsp3) is 0.143. The molecule has 0 bridgehead atoms. The van der Waals surface area contributed by atoms with Gasteiger partial charge < -0.3 is 24.0 Å². The minimum atomic E-state index is 0. The summed E-state index contributed by atoms with van der Waals surface area (Å²) in [6, 6.07) is 11.0. The van der Waals surface area contributed by atoms with Crippen molar-refractivity contribution in [3.63, 3.8) is 0 Å². The molecule has 0 spiro atoms. The summed E-state index contributed by atoms with van der Waals surface area (Å²) in [4.78, 5) is 1.20. The van der Waals surface area contributed by atoms with Crippen molar-refractivity contribution in [1.82, 2.24) is 0 Å². The molecule has 1 rings (SSSR count). The van der Waals surface area contributed by atoms with E-state index in [1.54, 1.807) is 11.8 Å². The molecule has 0 N–H and O–H groups in total. The van der Waals surface area contributed by atoms with Gasteiger partial charge in [0.25, 0.3) is 0 Å². The van der Waals surface area contributed by atoms with Gasteiger partial charge in [-0.25, -0.2) is 0 Å². The van der Waals surface area contributed by atoms with Gasteiger partial charge in [-0.05, 0) is 18.4 Å². The number of thioether (sulfide) groups is 1. The molecular formula is C7H7ISZn-. The van der Waals surface area contributed by atoms with Crippen LogP contribution in [0, 0.1) is 6.07 Å². The van der Waals surface area contributed by atoms with E-state index in [4.69, 9.17) is 0 Å². The smallest absolute Gasteiger partial charge is 0.0148 e.